The Labute approximate surface area is 113 Å². The summed E-state index contributed by atoms with van der Waals surface area (Å²) in [5, 5.41) is 2.64. The monoisotopic (exact) mass is 267 g/mol. The second-order valence-electron chi connectivity index (χ2n) is 5.63. The van der Waals surface area contributed by atoms with Gasteiger partial charge in [0, 0.05) is 33.2 Å². The number of rotatable bonds is 1. The number of fused-ring (bicyclic) bond motifs is 2. The maximum atomic E-state index is 12.5. The lowest BCUT2D eigenvalue weighted by atomic mass is 9.99. The molecule has 3 saturated heterocycles. The molecule has 3 rings (SSSR count). The number of morpholine rings is 1. The van der Waals surface area contributed by atoms with Crippen molar-refractivity contribution in [1.29, 1.82) is 0 Å². The highest BCUT2D eigenvalue weighted by Gasteiger charge is 2.46. The van der Waals surface area contributed by atoms with Gasteiger partial charge in [-0.2, -0.15) is 0 Å². The number of urea groups is 1. The average molecular weight is 267 g/mol. The first-order chi connectivity index (χ1) is 9.19. The highest BCUT2D eigenvalue weighted by molar-refractivity contribution is 5.80. The third kappa shape index (κ3) is 2.29. The molecule has 3 aliphatic heterocycles. The topological polar surface area (TPSA) is 61.9 Å². The Morgan fingerprint density at radius 1 is 1.16 bits per heavy atom. The van der Waals surface area contributed by atoms with Gasteiger partial charge in [-0.05, 0) is 19.3 Å². The number of ether oxygens (including phenoxy) is 1. The van der Waals surface area contributed by atoms with Gasteiger partial charge in [0.1, 0.15) is 0 Å². The molecule has 106 valence electrons. The largest absolute Gasteiger partial charge is 0.370 e. The molecule has 0 aromatic rings. The minimum atomic E-state index is -0.121. The first-order valence-electron chi connectivity index (χ1n) is 7.10. The van der Waals surface area contributed by atoms with Gasteiger partial charge in [0.2, 0.25) is 5.91 Å². The highest BCUT2D eigenvalue weighted by Crippen LogP contribution is 2.33. The van der Waals surface area contributed by atoms with Crippen LogP contribution in [0.2, 0.25) is 0 Å². The van der Waals surface area contributed by atoms with Crippen molar-refractivity contribution in [3.05, 3.63) is 0 Å². The Morgan fingerprint density at radius 2 is 1.89 bits per heavy atom. The van der Waals surface area contributed by atoms with E-state index in [-0.39, 0.29) is 30.1 Å². The SMILES string of the molecule is CNC(=O)N1C[C@H]2C[C@H](C(=O)N3CCCC3)[C@@H](C1)O2. The van der Waals surface area contributed by atoms with Crippen molar-refractivity contribution in [2.75, 3.05) is 33.2 Å². The van der Waals surface area contributed by atoms with Crippen LogP contribution in [0.4, 0.5) is 4.79 Å². The minimum Gasteiger partial charge on any atom is -0.370 e. The summed E-state index contributed by atoms with van der Waals surface area (Å²) in [7, 11) is 1.63. The normalized spacial score (nSPS) is 33.6. The molecule has 0 radical (unpaired) electrons. The molecule has 1 N–H and O–H groups in total. The van der Waals surface area contributed by atoms with E-state index in [1.165, 1.54) is 0 Å². The van der Waals surface area contributed by atoms with E-state index in [4.69, 9.17) is 4.74 Å². The summed E-state index contributed by atoms with van der Waals surface area (Å²) in [6.45, 7) is 2.89. The standard InChI is InChI=1S/C13H21N3O3/c1-14-13(18)16-7-9-6-10(11(8-16)19-9)12(17)15-4-2-3-5-15/h9-11H,2-8H2,1H3,(H,14,18)/t9-,10+,11-/m1/s1. The highest BCUT2D eigenvalue weighted by atomic mass is 16.5. The van der Waals surface area contributed by atoms with E-state index in [1.54, 1.807) is 11.9 Å². The van der Waals surface area contributed by atoms with Crippen LogP contribution >= 0.6 is 0 Å². The minimum absolute atomic E-state index is 0.0209. The smallest absolute Gasteiger partial charge is 0.317 e. The molecule has 3 aliphatic rings. The summed E-state index contributed by atoms with van der Waals surface area (Å²) in [6, 6.07) is -0.0763. The fraction of sp³-hybridized carbons (Fsp3) is 0.846. The number of hydrogen-bond donors (Lipinski definition) is 1. The van der Waals surface area contributed by atoms with Crippen LogP contribution in [0.25, 0.3) is 0 Å². The third-order valence-electron chi connectivity index (χ3n) is 4.39. The van der Waals surface area contributed by atoms with E-state index in [0.29, 0.717) is 13.1 Å². The summed E-state index contributed by atoms with van der Waals surface area (Å²) in [6.07, 6.45) is 2.88. The van der Waals surface area contributed by atoms with Gasteiger partial charge < -0.3 is 19.9 Å². The molecule has 3 heterocycles. The summed E-state index contributed by atoms with van der Waals surface area (Å²) >= 11 is 0. The Kier molecular flexibility index (Phi) is 3.35. The van der Waals surface area contributed by atoms with Gasteiger partial charge in [0.25, 0.3) is 0 Å². The van der Waals surface area contributed by atoms with Gasteiger partial charge in [-0.3, -0.25) is 4.79 Å². The predicted molar refractivity (Wildman–Crippen MR) is 68.6 cm³/mol. The molecule has 2 bridgehead atoms. The summed E-state index contributed by atoms with van der Waals surface area (Å²) < 4.78 is 5.85. The molecule has 3 atom stereocenters. The van der Waals surface area contributed by atoms with Crippen molar-refractivity contribution in [1.82, 2.24) is 15.1 Å². The number of carbonyl (C=O) groups excluding carboxylic acids is 2. The number of carbonyl (C=O) groups is 2. The third-order valence-corrected chi connectivity index (χ3v) is 4.39. The Bertz CT molecular complexity index is 381. The number of hydrogen-bond acceptors (Lipinski definition) is 3. The zero-order valence-corrected chi connectivity index (χ0v) is 11.3. The summed E-state index contributed by atoms with van der Waals surface area (Å²) in [5.41, 5.74) is 0. The number of amides is 3. The maximum absolute atomic E-state index is 12.5. The first-order valence-corrected chi connectivity index (χ1v) is 7.10. The predicted octanol–water partition coefficient (Wildman–Crippen LogP) is 0.0375. The van der Waals surface area contributed by atoms with Gasteiger partial charge in [0.15, 0.2) is 0 Å². The van der Waals surface area contributed by atoms with Crippen molar-refractivity contribution in [3.8, 4) is 0 Å². The molecule has 0 saturated carbocycles. The maximum Gasteiger partial charge on any atom is 0.317 e. The second-order valence-corrected chi connectivity index (χ2v) is 5.63. The lowest BCUT2D eigenvalue weighted by molar-refractivity contribution is -0.137. The van der Waals surface area contributed by atoms with E-state index in [9.17, 15) is 9.59 Å². The van der Waals surface area contributed by atoms with Crippen LogP contribution in [-0.2, 0) is 9.53 Å². The average Bonchev–Trinajstić information content (AvgIpc) is 3.05. The lowest BCUT2D eigenvalue weighted by Gasteiger charge is -2.32. The van der Waals surface area contributed by atoms with Crippen LogP contribution in [0.15, 0.2) is 0 Å². The molecule has 0 aromatic carbocycles. The van der Waals surface area contributed by atoms with Crippen LogP contribution < -0.4 is 5.32 Å². The fourth-order valence-electron chi connectivity index (χ4n) is 3.41. The van der Waals surface area contributed by atoms with Crippen LogP contribution in [0.5, 0.6) is 0 Å². The summed E-state index contributed by atoms with van der Waals surface area (Å²) in [4.78, 5) is 27.9. The van der Waals surface area contributed by atoms with Crippen molar-refractivity contribution in [3.63, 3.8) is 0 Å². The molecule has 0 aliphatic carbocycles. The van der Waals surface area contributed by atoms with E-state index < -0.39 is 0 Å². The van der Waals surface area contributed by atoms with Crippen molar-refractivity contribution in [2.24, 2.45) is 5.92 Å². The first kappa shape index (κ1) is 12.7. The Morgan fingerprint density at radius 3 is 2.58 bits per heavy atom. The van der Waals surface area contributed by atoms with Crippen molar-refractivity contribution >= 4 is 11.9 Å². The van der Waals surface area contributed by atoms with Crippen molar-refractivity contribution < 1.29 is 14.3 Å². The second kappa shape index (κ2) is 5.00. The number of nitrogens with zero attached hydrogens (tertiary/aromatic N) is 2. The molecule has 6 nitrogen and oxygen atoms in total. The molecule has 3 amide bonds. The molecule has 0 aromatic heterocycles. The molecule has 19 heavy (non-hydrogen) atoms. The molecule has 0 unspecified atom stereocenters. The van der Waals surface area contributed by atoms with E-state index in [2.05, 4.69) is 5.32 Å². The Balaban J connectivity index is 1.66. The Hall–Kier alpha value is -1.30. The molecule has 3 fully saturated rings. The van der Waals surface area contributed by atoms with Gasteiger partial charge in [-0.1, -0.05) is 0 Å². The zero-order valence-electron chi connectivity index (χ0n) is 11.3. The van der Waals surface area contributed by atoms with Crippen molar-refractivity contribution in [2.45, 2.75) is 31.5 Å². The number of nitrogens with one attached hydrogen (secondary N) is 1. The van der Waals surface area contributed by atoms with Crippen LogP contribution in [0, 0.1) is 5.92 Å². The molecule has 6 heteroatoms. The lowest BCUT2D eigenvalue weighted by Crippen LogP contribution is -2.50. The van der Waals surface area contributed by atoms with Gasteiger partial charge in [-0.25, -0.2) is 4.79 Å². The van der Waals surface area contributed by atoms with Gasteiger partial charge in [0.05, 0.1) is 18.1 Å². The van der Waals surface area contributed by atoms with Gasteiger partial charge in [-0.15, -0.1) is 0 Å². The van der Waals surface area contributed by atoms with Crippen LogP contribution in [0.1, 0.15) is 19.3 Å². The quantitative estimate of drug-likeness (QED) is 0.729. The van der Waals surface area contributed by atoms with Crippen LogP contribution in [0.3, 0.4) is 0 Å². The fourth-order valence-corrected chi connectivity index (χ4v) is 3.41. The van der Waals surface area contributed by atoms with E-state index >= 15 is 0 Å². The molecule has 0 spiro atoms. The van der Waals surface area contributed by atoms with Crippen LogP contribution in [-0.4, -0.2) is 67.2 Å². The molecular weight excluding hydrogens is 246 g/mol. The zero-order chi connectivity index (χ0) is 13.4. The van der Waals surface area contributed by atoms with E-state index in [1.807, 2.05) is 4.90 Å². The number of likely N-dealkylation sites (tertiary alicyclic amines) is 2. The summed E-state index contributed by atoms with van der Waals surface area (Å²) in [5.74, 6) is 0.168. The van der Waals surface area contributed by atoms with E-state index in [0.717, 1.165) is 32.4 Å². The van der Waals surface area contributed by atoms with Gasteiger partial charge >= 0.3 is 6.03 Å². The molecular formula is C13H21N3O3.